The van der Waals surface area contributed by atoms with Gasteiger partial charge in [0, 0.05) is 5.41 Å². The molecule has 2 aliphatic rings. The summed E-state index contributed by atoms with van der Waals surface area (Å²) in [5.41, 5.74) is 0.649. The van der Waals surface area contributed by atoms with E-state index in [0.29, 0.717) is 23.0 Å². The number of hydrogen-bond donors (Lipinski definition) is 1. The highest BCUT2D eigenvalue weighted by Crippen LogP contribution is 2.66. The Balaban J connectivity index is 1.77. The number of furan rings is 1. The molecule has 1 unspecified atom stereocenters. The monoisotopic (exact) mass is 322 g/mol. The summed E-state index contributed by atoms with van der Waals surface area (Å²) in [6, 6.07) is 1.60. The van der Waals surface area contributed by atoms with Gasteiger partial charge >= 0.3 is 5.97 Å². The zero-order valence-electron chi connectivity index (χ0n) is 14.5. The van der Waals surface area contributed by atoms with Gasteiger partial charge in [0.05, 0.1) is 0 Å². The lowest BCUT2D eigenvalue weighted by Gasteiger charge is -2.38. The van der Waals surface area contributed by atoms with Gasteiger partial charge in [-0.2, -0.15) is 0 Å². The second-order valence-corrected chi connectivity index (χ2v) is 7.87. The smallest absolute Gasteiger partial charge is 0.341 e. The Hall–Kier alpha value is -1.33. The fraction of sp³-hybridized carbons (Fsp3) is 0.722. The van der Waals surface area contributed by atoms with Crippen LogP contribution in [0.4, 0.5) is 0 Å². The quantitative estimate of drug-likeness (QED) is 0.502. The van der Waals surface area contributed by atoms with Gasteiger partial charge in [-0.1, -0.05) is 20.8 Å². The molecule has 1 aromatic rings. The largest absolute Gasteiger partial charge is 0.463 e. The van der Waals surface area contributed by atoms with Gasteiger partial charge in [-0.15, -0.1) is 0 Å². The summed E-state index contributed by atoms with van der Waals surface area (Å²) < 4.78 is 11.4. The number of ether oxygens (including phenoxy) is 1. The molecule has 5 nitrogen and oxygen atoms in total. The Labute approximate surface area is 136 Å². The molecule has 0 amide bonds. The summed E-state index contributed by atoms with van der Waals surface area (Å²) >= 11 is 0. The first-order chi connectivity index (χ1) is 10.7. The average Bonchev–Trinajstić information content (AvgIpc) is 3.05. The van der Waals surface area contributed by atoms with Crippen molar-refractivity contribution in [2.75, 3.05) is 0 Å². The van der Waals surface area contributed by atoms with Crippen molar-refractivity contribution in [2.24, 2.45) is 16.7 Å². The van der Waals surface area contributed by atoms with Crippen molar-refractivity contribution in [1.29, 1.82) is 0 Å². The van der Waals surface area contributed by atoms with Gasteiger partial charge in [-0.25, -0.2) is 9.68 Å². The molecule has 4 atom stereocenters. The van der Waals surface area contributed by atoms with Crippen LogP contribution in [0, 0.1) is 23.7 Å². The maximum Gasteiger partial charge on any atom is 0.341 e. The molecule has 2 bridgehead atoms. The molecule has 1 N–H and O–H groups in total. The molecule has 1 heterocycles. The molecule has 0 saturated heterocycles. The van der Waals surface area contributed by atoms with Gasteiger partial charge in [0.2, 0.25) is 0 Å². The second-order valence-electron chi connectivity index (χ2n) is 7.87. The van der Waals surface area contributed by atoms with Gasteiger partial charge < -0.3 is 9.15 Å². The van der Waals surface area contributed by atoms with E-state index in [9.17, 15) is 4.79 Å². The minimum absolute atomic E-state index is 0.0370. The highest BCUT2D eigenvalue weighted by Gasteiger charge is 2.62. The molecule has 23 heavy (non-hydrogen) atoms. The van der Waals surface area contributed by atoms with Gasteiger partial charge in [0.25, 0.3) is 0 Å². The summed E-state index contributed by atoms with van der Waals surface area (Å²) in [4.78, 5) is 16.8. The molecule has 3 rings (SSSR count). The molecule has 0 radical (unpaired) electrons. The SMILES string of the molecule is Cc1oc(C(C)OO)cc1C(=O)O[C@@H]1C[C@@H]2CC[C@@]1(C)C2(C)C. The van der Waals surface area contributed by atoms with Crippen LogP contribution in [0.1, 0.15) is 74.9 Å². The summed E-state index contributed by atoms with van der Waals surface area (Å²) in [5.74, 6) is 1.17. The highest BCUT2D eigenvalue weighted by molar-refractivity contribution is 5.90. The van der Waals surface area contributed by atoms with E-state index < -0.39 is 6.10 Å². The third-order valence-electron chi connectivity index (χ3n) is 6.68. The zero-order chi connectivity index (χ0) is 17.0. The van der Waals surface area contributed by atoms with E-state index in [4.69, 9.17) is 14.4 Å². The lowest BCUT2D eigenvalue weighted by atomic mass is 9.70. The normalized spacial score (nSPS) is 33.0. The number of aryl methyl sites for hydroxylation is 1. The maximum absolute atomic E-state index is 12.6. The minimum Gasteiger partial charge on any atom is -0.463 e. The lowest BCUT2D eigenvalue weighted by Crippen LogP contribution is -2.38. The fourth-order valence-corrected chi connectivity index (χ4v) is 4.46. The molecular formula is C18H26O5. The van der Waals surface area contributed by atoms with Crippen LogP contribution in [-0.2, 0) is 9.62 Å². The first kappa shape index (κ1) is 16.5. The van der Waals surface area contributed by atoms with Crippen molar-refractivity contribution in [3.8, 4) is 0 Å². The molecular weight excluding hydrogens is 296 g/mol. The van der Waals surface area contributed by atoms with Gasteiger partial charge in [-0.3, -0.25) is 5.26 Å². The topological polar surface area (TPSA) is 68.9 Å². The Bertz CT molecular complexity index is 617. The van der Waals surface area contributed by atoms with Crippen molar-refractivity contribution in [3.63, 3.8) is 0 Å². The van der Waals surface area contributed by atoms with E-state index in [1.165, 1.54) is 6.42 Å². The number of carbonyl (C=O) groups is 1. The number of carbonyl (C=O) groups excluding carboxylic acids is 1. The third kappa shape index (κ3) is 2.32. The molecule has 5 heteroatoms. The standard InChI is InChI=1S/C18H26O5/c1-10-13(9-14(21-10)11(2)23-20)16(19)22-15-8-12-6-7-18(15,5)17(12,3)4/h9,11-12,15,20H,6-8H2,1-5H3/t11?,12-,15+,18+/m0/s1. The number of hydrogen-bond acceptors (Lipinski definition) is 5. The van der Waals surface area contributed by atoms with E-state index >= 15 is 0 Å². The van der Waals surface area contributed by atoms with Crippen LogP contribution in [0.2, 0.25) is 0 Å². The molecule has 2 fully saturated rings. The molecule has 0 spiro atoms. The Morgan fingerprint density at radius 2 is 2.13 bits per heavy atom. The minimum atomic E-state index is -0.616. The third-order valence-corrected chi connectivity index (χ3v) is 6.68. The number of rotatable bonds is 4. The molecule has 2 saturated carbocycles. The van der Waals surface area contributed by atoms with E-state index in [1.807, 2.05) is 0 Å². The Kier molecular flexibility index (Phi) is 3.84. The van der Waals surface area contributed by atoms with E-state index in [2.05, 4.69) is 25.7 Å². The predicted octanol–water partition coefficient (Wildman–Crippen LogP) is 4.51. The lowest BCUT2D eigenvalue weighted by molar-refractivity contribution is -0.280. The number of esters is 1. The van der Waals surface area contributed by atoms with Crippen LogP contribution in [0.3, 0.4) is 0 Å². The predicted molar refractivity (Wildman–Crippen MR) is 84.0 cm³/mol. The maximum atomic E-state index is 12.6. The Morgan fingerprint density at radius 3 is 2.65 bits per heavy atom. The summed E-state index contributed by atoms with van der Waals surface area (Å²) in [6.07, 6.45) is 2.60. The van der Waals surface area contributed by atoms with Crippen LogP contribution in [-0.4, -0.2) is 17.3 Å². The van der Waals surface area contributed by atoms with Crippen molar-refractivity contribution < 1.29 is 24.1 Å². The van der Waals surface area contributed by atoms with Crippen LogP contribution in [0.25, 0.3) is 0 Å². The van der Waals surface area contributed by atoms with Crippen LogP contribution in [0.15, 0.2) is 10.5 Å². The van der Waals surface area contributed by atoms with Gasteiger partial charge in [0.1, 0.15) is 29.3 Å². The van der Waals surface area contributed by atoms with Crippen molar-refractivity contribution >= 4 is 5.97 Å². The van der Waals surface area contributed by atoms with Crippen LogP contribution >= 0.6 is 0 Å². The van der Waals surface area contributed by atoms with E-state index in [1.54, 1.807) is 19.9 Å². The summed E-state index contributed by atoms with van der Waals surface area (Å²) in [7, 11) is 0. The summed E-state index contributed by atoms with van der Waals surface area (Å²) in [6.45, 7) is 10.2. The van der Waals surface area contributed by atoms with E-state index in [0.717, 1.165) is 12.8 Å². The van der Waals surface area contributed by atoms with Gasteiger partial charge in [0.15, 0.2) is 0 Å². The van der Waals surface area contributed by atoms with Crippen LogP contribution in [0.5, 0.6) is 0 Å². The Morgan fingerprint density at radius 1 is 1.43 bits per heavy atom. The van der Waals surface area contributed by atoms with Crippen molar-refractivity contribution in [1.82, 2.24) is 0 Å². The molecule has 1 aromatic heterocycles. The molecule has 2 aliphatic carbocycles. The molecule has 0 aromatic carbocycles. The van der Waals surface area contributed by atoms with Crippen LogP contribution < -0.4 is 0 Å². The van der Waals surface area contributed by atoms with Gasteiger partial charge in [-0.05, 0) is 50.5 Å². The van der Waals surface area contributed by atoms with Crippen molar-refractivity contribution in [2.45, 2.75) is 66.1 Å². The summed E-state index contributed by atoms with van der Waals surface area (Å²) in [5, 5.41) is 8.74. The molecule has 128 valence electrons. The zero-order valence-corrected chi connectivity index (χ0v) is 14.5. The highest BCUT2D eigenvalue weighted by atomic mass is 17.1. The van der Waals surface area contributed by atoms with Crippen molar-refractivity contribution in [3.05, 3.63) is 23.2 Å². The second kappa shape index (κ2) is 5.35. The first-order valence-corrected chi connectivity index (χ1v) is 8.32. The molecule has 0 aliphatic heterocycles. The first-order valence-electron chi connectivity index (χ1n) is 8.32. The van der Waals surface area contributed by atoms with E-state index in [-0.39, 0.29) is 22.9 Å². The fourth-order valence-electron chi connectivity index (χ4n) is 4.46. The number of fused-ring (bicyclic) bond motifs is 2. The average molecular weight is 322 g/mol.